The van der Waals surface area contributed by atoms with Gasteiger partial charge in [0.15, 0.2) is 0 Å². The van der Waals surface area contributed by atoms with E-state index in [4.69, 9.17) is 5.11 Å². The van der Waals surface area contributed by atoms with Crippen molar-refractivity contribution in [3.63, 3.8) is 0 Å². The summed E-state index contributed by atoms with van der Waals surface area (Å²) >= 11 is 0. The van der Waals surface area contributed by atoms with E-state index in [1.54, 1.807) is 30.3 Å². The van der Waals surface area contributed by atoms with Crippen molar-refractivity contribution in [2.45, 2.75) is 0 Å². The van der Waals surface area contributed by atoms with Crippen LogP contribution in [0.3, 0.4) is 0 Å². The van der Waals surface area contributed by atoms with Crippen molar-refractivity contribution in [1.29, 1.82) is 0 Å². The number of benzene rings is 1. The Hall–Kier alpha value is -1.48. The fraction of sp³-hybridized carbons (Fsp3) is 0. The molecule has 0 spiro atoms. The summed E-state index contributed by atoms with van der Waals surface area (Å²) in [5.41, 5.74) is 0. The maximum Gasteiger partial charge on any atom is 0.512 e. The summed E-state index contributed by atoms with van der Waals surface area (Å²) < 4.78 is 19.3. The van der Waals surface area contributed by atoms with Gasteiger partial charge in [-0.1, -0.05) is 18.2 Å². The molecule has 1 aromatic carbocycles. The summed E-state index contributed by atoms with van der Waals surface area (Å²) in [5.74, 6) is 0.313. The van der Waals surface area contributed by atoms with Gasteiger partial charge in [-0.05, 0) is 12.1 Å². The predicted molar refractivity (Wildman–Crippen MR) is 45.2 cm³/mol. The maximum atomic E-state index is 10.8. The Morgan fingerprint density at radius 3 is 2.46 bits per heavy atom. The van der Waals surface area contributed by atoms with Gasteiger partial charge in [-0.25, -0.2) is 9.36 Å². The number of rotatable bonds is 3. The molecule has 0 aliphatic heterocycles. The van der Waals surface area contributed by atoms with Crippen LogP contribution in [0.2, 0.25) is 0 Å². The number of hydrogen-bond acceptors (Lipinski definition) is 4. The van der Waals surface area contributed by atoms with E-state index in [-0.39, 0.29) is 0 Å². The smallest absolute Gasteiger partial charge is 0.449 e. The fourth-order valence-corrected chi connectivity index (χ4v) is 1.19. The first-order valence-electron chi connectivity index (χ1n) is 3.36. The normalized spacial score (nSPS) is 11.7. The lowest BCUT2D eigenvalue weighted by molar-refractivity contribution is 0.143. The summed E-state index contributed by atoms with van der Waals surface area (Å²) in [5, 5.41) is 8.09. The molecule has 0 saturated carbocycles. The zero-order valence-corrected chi connectivity index (χ0v) is 7.47. The highest BCUT2D eigenvalue weighted by atomic mass is 31.1. The van der Waals surface area contributed by atoms with Gasteiger partial charge in [0, 0.05) is 0 Å². The second-order valence-electron chi connectivity index (χ2n) is 2.03. The molecular weight excluding hydrogens is 195 g/mol. The molecule has 0 radical (unpaired) electrons. The van der Waals surface area contributed by atoms with Crippen molar-refractivity contribution >= 4 is 14.4 Å². The molecule has 0 fully saturated rings. The highest BCUT2D eigenvalue weighted by molar-refractivity contribution is 7.34. The topological polar surface area (TPSA) is 72.8 Å². The Bertz CT molecular complexity index is 310. The molecule has 0 aliphatic carbocycles. The molecule has 1 rings (SSSR count). The Morgan fingerprint density at radius 1 is 1.31 bits per heavy atom. The molecule has 0 aromatic heterocycles. The highest BCUT2D eigenvalue weighted by Gasteiger charge is 2.06. The summed E-state index contributed by atoms with van der Waals surface area (Å²) in [6.45, 7) is 0. The number of hydrogen-bond donors (Lipinski definition) is 1. The number of para-hydroxylation sites is 1. The van der Waals surface area contributed by atoms with Gasteiger partial charge in [0.2, 0.25) is 0 Å². The predicted octanol–water partition coefficient (Wildman–Crippen LogP) is 2.15. The summed E-state index contributed by atoms with van der Waals surface area (Å²) in [6, 6.07) is 8.19. The molecule has 0 saturated heterocycles. The van der Waals surface area contributed by atoms with Gasteiger partial charge >= 0.3 is 14.4 Å². The van der Waals surface area contributed by atoms with E-state index < -0.39 is 14.4 Å². The monoisotopic (exact) mass is 202 g/mol. The Morgan fingerprint density at radius 2 is 1.92 bits per heavy atom. The molecule has 5 nitrogen and oxygen atoms in total. The van der Waals surface area contributed by atoms with Crippen LogP contribution in [0, 0.1) is 0 Å². The van der Waals surface area contributed by atoms with Crippen LogP contribution >= 0.6 is 8.25 Å². The Labute approximate surface area is 74.9 Å². The molecule has 0 amide bonds. The van der Waals surface area contributed by atoms with E-state index in [2.05, 4.69) is 9.05 Å². The molecule has 0 bridgehead atoms. The third-order valence-corrected chi connectivity index (χ3v) is 1.86. The average molecular weight is 202 g/mol. The summed E-state index contributed by atoms with van der Waals surface area (Å²) in [7, 11) is -2.99. The highest BCUT2D eigenvalue weighted by Crippen LogP contribution is 2.27. The van der Waals surface area contributed by atoms with Crippen LogP contribution in [-0.4, -0.2) is 11.3 Å². The zero-order valence-electron chi connectivity index (χ0n) is 6.47. The second kappa shape index (κ2) is 4.52. The van der Waals surface area contributed by atoms with Gasteiger partial charge in [-0.15, -0.1) is 0 Å². The van der Waals surface area contributed by atoms with Gasteiger partial charge in [-0.3, -0.25) is 0 Å². The number of carboxylic acid groups (broad SMARTS) is 1. The third kappa shape index (κ3) is 3.62. The minimum absolute atomic E-state index is 0.313. The van der Waals surface area contributed by atoms with E-state index in [0.29, 0.717) is 5.75 Å². The summed E-state index contributed by atoms with van der Waals surface area (Å²) in [4.78, 5) is 9.92. The minimum Gasteiger partial charge on any atom is -0.449 e. The van der Waals surface area contributed by atoms with Crippen LogP contribution in [0.4, 0.5) is 4.79 Å². The van der Waals surface area contributed by atoms with E-state index in [0.717, 1.165) is 0 Å². The molecule has 13 heavy (non-hydrogen) atoms. The van der Waals surface area contributed by atoms with E-state index in [1.807, 2.05) is 0 Å². The van der Waals surface area contributed by atoms with Gasteiger partial charge in [0.25, 0.3) is 0 Å². The average Bonchev–Trinajstić information content (AvgIpc) is 2.04. The SMILES string of the molecule is O=C(O)O[PH](=O)Oc1ccccc1. The van der Waals surface area contributed by atoms with Crippen molar-refractivity contribution in [2.75, 3.05) is 0 Å². The molecule has 0 heterocycles. The van der Waals surface area contributed by atoms with Crippen molar-refractivity contribution in [1.82, 2.24) is 0 Å². The largest absolute Gasteiger partial charge is 0.512 e. The molecule has 1 unspecified atom stereocenters. The van der Waals surface area contributed by atoms with Crippen LogP contribution in [0.1, 0.15) is 0 Å². The van der Waals surface area contributed by atoms with Crippen molar-refractivity contribution < 1.29 is 23.5 Å². The maximum absolute atomic E-state index is 10.8. The van der Waals surface area contributed by atoms with Crippen LogP contribution in [0.5, 0.6) is 5.75 Å². The van der Waals surface area contributed by atoms with Crippen molar-refractivity contribution in [3.05, 3.63) is 30.3 Å². The van der Waals surface area contributed by atoms with Crippen LogP contribution < -0.4 is 4.52 Å². The standard InChI is InChI=1S/C7H7O5P/c8-7(9)12-13(10)11-6-4-2-1-3-5-6/h1-5,13H,(H,8,9). The number of carbonyl (C=O) groups is 1. The van der Waals surface area contributed by atoms with Crippen molar-refractivity contribution in [3.8, 4) is 5.75 Å². The molecule has 6 heteroatoms. The third-order valence-electron chi connectivity index (χ3n) is 1.12. The molecule has 1 N–H and O–H groups in total. The Kier molecular flexibility index (Phi) is 3.34. The van der Waals surface area contributed by atoms with Crippen LogP contribution in [0.15, 0.2) is 30.3 Å². The van der Waals surface area contributed by atoms with Gasteiger partial charge < -0.3 is 14.2 Å². The molecule has 0 aliphatic rings. The first-order valence-corrected chi connectivity index (χ1v) is 4.58. The second-order valence-corrected chi connectivity index (χ2v) is 2.94. The first kappa shape index (κ1) is 9.61. The molecule has 70 valence electrons. The lowest BCUT2D eigenvalue weighted by Crippen LogP contribution is -1.94. The fourth-order valence-electron chi connectivity index (χ4n) is 0.677. The summed E-state index contributed by atoms with van der Waals surface area (Å²) in [6.07, 6.45) is -1.61. The van der Waals surface area contributed by atoms with Crippen LogP contribution in [-0.2, 0) is 9.09 Å². The molecule has 1 aromatic rings. The molecule has 1 atom stereocenters. The molecular formula is C7H7O5P. The Balaban J connectivity index is 2.50. The van der Waals surface area contributed by atoms with Gasteiger partial charge in [0.1, 0.15) is 5.75 Å². The lowest BCUT2D eigenvalue weighted by atomic mass is 10.3. The van der Waals surface area contributed by atoms with E-state index in [9.17, 15) is 9.36 Å². The van der Waals surface area contributed by atoms with E-state index >= 15 is 0 Å². The quantitative estimate of drug-likeness (QED) is 0.760. The first-order chi connectivity index (χ1) is 6.18. The van der Waals surface area contributed by atoms with Crippen LogP contribution in [0.25, 0.3) is 0 Å². The lowest BCUT2D eigenvalue weighted by Gasteiger charge is -2.02. The zero-order chi connectivity index (χ0) is 9.68. The minimum atomic E-state index is -2.99. The van der Waals surface area contributed by atoms with Crippen molar-refractivity contribution in [2.24, 2.45) is 0 Å². The van der Waals surface area contributed by atoms with Gasteiger partial charge in [-0.2, -0.15) is 0 Å². The van der Waals surface area contributed by atoms with Gasteiger partial charge in [0.05, 0.1) is 0 Å². The van der Waals surface area contributed by atoms with E-state index in [1.165, 1.54) is 0 Å².